The number of aliphatic carboxylic acids is 2. The number of carboxylic acid groups (broad SMARTS) is 2. The highest BCUT2D eigenvalue weighted by atomic mass is 16.4. The molecule has 0 amide bonds. The van der Waals surface area contributed by atoms with Crippen LogP contribution in [0, 0.1) is 5.92 Å². The van der Waals surface area contributed by atoms with Gasteiger partial charge in [-0.25, -0.2) is 0 Å². The maximum absolute atomic E-state index is 10.9. The summed E-state index contributed by atoms with van der Waals surface area (Å²) in [4.78, 5) is 21.8. The van der Waals surface area contributed by atoms with E-state index in [2.05, 4.69) is 47.6 Å². The van der Waals surface area contributed by atoms with Crippen molar-refractivity contribution in [1.29, 1.82) is 0 Å². The van der Waals surface area contributed by atoms with Crippen LogP contribution in [0.1, 0.15) is 90.0 Å². The zero-order valence-corrected chi connectivity index (χ0v) is 17.4. The largest absolute Gasteiger partial charge is 0.481 e. The second-order valence-electron chi connectivity index (χ2n) is 9.37. The van der Waals surface area contributed by atoms with Crippen LogP contribution in [0.25, 0.3) is 0 Å². The van der Waals surface area contributed by atoms with Crippen LogP contribution in [0.15, 0.2) is 18.2 Å². The van der Waals surface area contributed by atoms with Crippen molar-refractivity contribution >= 4 is 11.9 Å². The quantitative estimate of drug-likeness (QED) is 0.452. The SMILES string of the molecule is CC(C)(C)c1cc(C(O)CCCCC(C(=O)O)C(=O)O)cc(C(C)(C)C)c1. The third kappa shape index (κ3) is 6.98. The third-order valence-electron chi connectivity index (χ3n) is 4.89. The van der Waals surface area contributed by atoms with E-state index in [0.717, 1.165) is 5.56 Å². The minimum absolute atomic E-state index is 0.0358. The molecule has 0 fully saturated rings. The van der Waals surface area contributed by atoms with Gasteiger partial charge in [-0.05, 0) is 40.4 Å². The zero-order valence-electron chi connectivity index (χ0n) is 17.4. The standard InChI is InChI=1S/C22H34O5/c1-21(2,3)15-11-14(12-16(13-15)22(4,5)6)18(23)10-8-7-9-17(19(24)25)20(26)27/h11-13,17-18,23H,7-10H2,1-6H3,(H,24,25)(H,26,27). The maximum Gasteiger partial charge on any atom is 0.317 e. The highest BCUT2D eigenvalue weighted by Gasteiger charge is 2.25. The van der Waals surface area contributed by atoms with E-state index in [9.17, 15) is 14.7 Å². The molecule has 0 saturated heterocycles. The first-order valence-corrected chi connectivity index (χ1v) is 9.53. The molecule has 0 heterocycles. The highest BCUT2D eigenvalue weighted by Crippen LogP contribution is 2.33. The van der Waals surface area contributed by atoms with Crippen molar-refractivity contribution in [3.63, 3.8) is 0 Å². The number of carbonyl (C=O) groups is 2. The molecule has 0 aliphatic heterocycles. The fraction of sp³-hybridized carbons (Fsp3) is 0.636. The first-order chi connectivity index (χ1) is 12.2. The molecule has 1 rings (SSSR count). The van der Waals surface area contributed by atoms with Gasteiger partial charge in [0.05, 0.1) is 6.10 Å². The highest BCUT2D eigenvalue weighted by molar-refractivity contribution is 5.92. The Hall–Kier alpha value is -1.88. The molecule has 0 aliphatic carbocycles. The Labute approximate surface area is 162 Å². The lowest BCUT2D eigenvalue weighted by molar-refractivity contribution is -0.154. The predicted molar refractivity (Wildman–Crippen MR) is 106 cm³/mol. The zero-order chi connectivity index (χ0) is 21.0. The number of benzene rings is 1. The van der Waals surface area contributed by atoms with Crippen LogP contribution in [-0.2, 0) is 20.4 Å². The van der Waals surface area contributed by atoms with Gasteiger partial charge in [-0.2, -0.15) is 0 Å². The Morgan fingerprint density at radius 1 is 0.815 bits per heavy atom. The van der Waals surface area contributed by atoms with E-state index in [0.29, 0.717) is 19.3 Å². The predicted octanol–water partition coefficient (Wildman–Crippen LogP) is 4.66. The van der Waals surface area contributed by atoms with Crippen molar-refractivity contribution < 1.29 is 24.9 Å². The van der Waals surface area contributed by atoms with Gasteiger partial charge in [0.2, 0.25) is 0 Å². The molecule has 1 aromatic rings. The van der Waals surface area contributed by atoms with Crippen molar-refractivity contribution in [3.05, 3.63) is 34.9 Å². The minimum Gasteiger partial charge on any atom is -0.481 e. The Morgan fingerprint density at radius 3 is 1.59 bits per heavy atom. The van der Waals surface area contributed by atoms with Gasteiger partial charge in [-0.1, -0.05) is 72.6 Å². The molecular formula is C22H34O5. The fourth-order valence-corrected chi connectivity index (χ4v) is 2.92. The summed E-state index contributed by atoms with van der Waals surface area (Å²) in [5.74, 6) is -4.00. The van der Waals surface area contributed by atoms with Crippen LogP contribution >= 0.6 is 0 Å². The van der Waals surface area contributed by atoms with Crippen LogP contribution < -0.4 is 0 Å². The lowest BCUT2D eigenvalue weighted by Gasteiger charge is -2.27. The molecule has 0 aliphatic rings. The maximum atomic E-state index is 10.9. The lowest BCUT2D eigenvalue weighted by Crippen LogP contribution is -2.23. The molecule has 0 aromatic heterocycles. The van der Waals surface area contributed by atoms with Gasteiger partial charge in [0.15, 0.2) is 5.92 Å². The van der Waals surface area contributed by atoms with E-state index in [1.54, 1.807) is 0 Å². The van der Waals surface area contributed by atoms with Crippen molar-refractivity contribution in [2.24, 2.45) is 5.92 Å². The molecule has 5 nitrogen and oxygen atoms in total. The summed E-state index contributed by atoms with van der Waals surface area (Å²) in [6.07, 6.45) is 0.922. The van der Waals surface area contributed by atoms with Gasteiger partial charge in [0.1, 0.15) is 0 Å². The van der Waals surface area contributed by atoms with Gasteiger partial charge in [-0.3, -0.25) is 9.59 Å². The number of carboxylic acids is 2. The van der Waals surface area contributed by atoms with E-state index in [1.807, 2.05) is 12.1 Å². The number of hydrogen-bond donors (Lipinski definition) is 3. The average molecular weight is 379 g/mol. The molecule has 1 unspecified atom stereocenters. The van der Waals surface area contributed by atoms with E-state index in [-0.39, 0.29) is 17.3 Å². The monoisotopic (exact) mass is 378 g/mol. The number of hydrogen-bond acceptors (Lipinski definition) is 3. The lowest BCUT2D eigenvalue weighted by atomic mass is 9.79. The first-order valence-electron chi connectivity index (χ1n) is 9.53. The first kappa shape index (κ1) is 23.2. The molecule has 0 bridgehead atoms. The molecule has 5 heteroatoms. The minimum atomic E-state index is -1.38. The molecule has 0 spiro atoms. The molecular weight excluding hydrogens is 344 g/mol. The fourth-order valence-electron chi connectivity index (χ4n) is 2.92. The van der Waals surface area contributed by atoms with Crippen molar-refractivity contribution in [2.75, 3.05) is 0 Å². The number of aliphatic hydroxyl groups is 1. The van der Waals surface area contributed by atoms with Crippen LogP contribution in [-0.4, -0.2) is 27.3 Å². The molecule has 27 heavy (non-hydrogen) atoms. The third-order valence-corrected chi connectivity index (χ3v) is 4.89. The second-order valence-corrected chi connectivity index (χ2v) is 9.37. The number of unbranched alkanes of at least 4 members (excludes halogenated alkanes) is 1. The normalized spacial score (nSPS) is 13.6. The van der Waals surface area contributed by atoms with Crippen molar-refractivity contribution in [3.8, 4) is 0 Å². The summed E-state index contributed by atoms with van der Waals surface area (Å²) in [6.45, 7) is 12.9. The number of aliphatic hydroxyl groups excluding tert-OH is 1. The summed E-state index contributed by atoms with van der Waals surface area (Å²) in [5, 5.41) is 28.5. The second kappa shape index (κ2) is 8.87. The van der Waals surface area contributed by atoms with Crippen molar-refractivity contribution in [2.45, 2.75) is 84.2 Å². The van der Waals surface area contributed by atoms with Crippen LogP contribution in [0.3, 0.4) is 0 Å². The molecule has 0 saturated carbocycles. The van der Waals surface area contributed by atoms with Gasteiger partial charge in [-0.15, -0.1) is 0 Å². The van der Waals surface area contributed by atoms with E-state index in [4.69, 9.17) is 10.2 Å². The average Bonchev–Trinajstić information content (AvgIpc) is 2.51. The van der Waals surface area contributed by atoms with Crippen LogP contribution in [0.2, 0.25) is 0 Å². The molecule has 3 N–H and O–H groups in total. The van der Waals surface area contributed by atoms with E-state index < -0.39 is 24.0 Å². The number of rotatable bonds is 8. The smallest absolute Gasteiger partial charge is 0.317 e. The van der Waals surface area contributed by atoms with Crippen LogP contribution in [0.4, 0.5) is 0 Å². The van der Waals surface area contributed by atoms with E-state index in [1.165, 1.54) is 11.1 Å². The summed E-state index contributed by atoms with van der Waals surface area (Å²) >= 11 is 0. The molecule has 152 valence electrons. The summed E-state index contributed by atoms with van der Waals surface area (Å²) < 4.78 is 0. The Kier molecular flexibility index (Phi) is 7.61. The Morgan fingerprint density at radius 2 is 1.22 bits per heavy atom. The van der Waals surface area contributed by atoms with E-state index >= 15 is 0 Å². The van der Waals surface area contributed by atoms with Gasteiger partial charge in [0.25, 0.3) is 0 Å². The summed E-state index contributed by atoms with van der Waals surface area (Å²) in [5.41, 5.74) is 3.12. The van der Waals surface area contributed by atoms with Gasteiger partial charge >= 0.3 is 11.9 Å². The molecule has 1 atom stereocenters. The van der Waals surface area contributed by atoms with Gasteiger partial charge in [0, 0.05) is 0 Å². The topological polar surface area (TPSA) is 94.8 Å². The van der Waals surface area contributed by atoms with Crippen molar-refractivity contribution in [1.82, 2.24) is 0 Å². The Bertz CT molecular complexity index is 618. The summed E-state index contributed by atoms with van der Waals surface area (Å²) in [7, 11) is 0. The molecule has 0 radical (unpaired) electrons. The Balaban J connectivity index is 2.86. The summed E-state index contributed by atoms with van der Waals surface area (Å²) in [6, 6.07) is 6.27. The van der Waals surface area contributed by atoms with Gasteiger partial charge < -0.3 is 15.3 Å². The van der Waals surface area contributed by atoms with Crippen LogP contribution in [0.5, 0.6) is 0 Å². The molecule has 1 aromatic carbocycles.